The Morgan fingerprint density at radius 3 is 1.95 bits per heavy atom. The van der Waals surface area contributed by atoms with Gasteiger partial charge in [0.15, 0.2) is 0 Å². The monoisotopic (exact) mass is 286 g/mol. The second-order valence-electron chi connectivity index (χ2n) is 4.57. The summed E-state index contributed by atoms with van der Waals surface area (Å²) in [5.41, 5.74) is 3.24. The maximum absolute atomic E-state index is 10.6. The largest absolute Gasteiger partial charge is 0.481 e. The summed E-state index contributed by atoms with van der Waals surface area (Å²) < 4.78 is 0. The topological polar surface area (TPSA) is 74.6 Å². The Morgan fingerprint density at radius 1 is 0.857 bits per heavy atom. The van der Waals surface area contributed by atoms with E-state index in [0.717, 1.165) is 24.5 Å². The number of carboxylic acid groups (broad SMARTS) is 2. The molecule has 0 aliphatic rings. The molecule has 0 radical (unpaired) electrons. The maximum atomic E-state index is 10.6. The molecule has 0 amide bonds. The molecule has 2 rings (SSSR count). The molecule has 0 aliphatic heterocycles. The van der Waals surface area contributed by atoms with Crippen LogP contribution in [-0.4, -0.2) is 22.2 Å². The van der Waals surface area contributed by atoms with Crippen molar-refractivity contribution in [2.75, 3.05) is 0 Å². The van der Waals surface area contributed by atoms with Crippen LogP contribution in [0.5, 0.6) is 0 Å². The highest BCUT2D eigenvalue weighted by Gasteiger charge is 2.02. The highest BCUT2D eigenvalue weighted by atomic mass is 16.4. The zero-order valence-electron chi connectivity index (χ0n) is 11.8. The molecule has 4 heteroatoms. The van der Waals surface area contributed by atoms with Gasteiger partial charge in [-0.15, -0.1) is 0 Å². The SMILES string of the molecule is CC(=O)O.O=C(O)Cc1cccc(Cc2ccccc2)c1. The fourth-order valence-corrected chi connectivity index (χ4v) is 1.86. The molecule has 0 saturated carbocycles. The molecule has 0 heterocycles. The number of rotatable bonds is 4. The van der Waals surface area contributed by atoms with Gasteiger partial charge in [-0.05, 0) is 23.1 Å². The highest BCUT2D eigenvalue weighted by Crippen LogP contribution is 2.11. The average molecular weight is 286 g/mol. The van der Waals surface area contributed by atoms with E-state index >= 15 is 0 Å². The lowest BCUT2D eigenvalue weighted by atomic mass is 10.0. The first-order chi connectivity index (χ1) is 9.97. The summed E-state index contributed by atoms with van der Waals surface area (Å²) in [6.45, 7) is 1.08. The van der Waals surface area contributed by atoms with E-state index in [2.05, 4.69) is 12.1 Å². The molecule has 0 unspecified atom stereocenters. The quantitative estimate of drug-likeness (QED) is 0.906. The summed E-state index contributed by atoms with van der Waals surface area (Å²) in [6, 6.07) is 17.9. The molecule has 2 N–H and O–H groups in total. The zero-order valence-corrected chi connectivity index (χ0v) is 11.8. The minimum atomic E-state index is -0.833. The van der Waals surface area contributed by atoms with E-state index in [-0.39, 0.29) is 6.42 Å². The van der Waals surface area contributed by atoms with E-state index in [9.17, 15) is 4.79 Å². The first-order valence-corrected chi connectivity index (χ1v) is 6.50. The number of hydrogen-bond acceptors (Lipinski definition) is 2. The molecule has 0 atom stereocenters. The average Bonchev–Trinajstić information content (AvgIpc) is 2.39. The van der Waals surface area contributed by atoms with E-state index < -0.39 is 11.9 Å². The van der Waals surface area contributed by atoms with Crippen molar-refractivity contribution < 1.29 is 19.8 Å². The molecule has 0 bridgehead atoms. The number of aliphatic carboxylic acids is 2. The second-order valence-corrected chi connectivity index (χ2v) is 4.57. The van der Waals surface area contributed by atoms with Crippen molar-refractivity contribution in [2.45, 2.75) is 19.8 Å². The Morgan fingerprint density at radius 2 is 1.38 bits per heavy atom. The van der Waals surface area contributed by atoms with Crippen LogP contribution in [0, 0.1) is 0 Å². The Kier molecular flexibility index (Phi) is 6.68. The summed E-state index contributed by atoms with van der Waals surface area (Å²) in [5, 5.41) is 16.2. The predicted molar refractivity (Wildman–Crippen MR) is 80.3 cm³/mol. The first kappa shape index (κ1) is 16.4. The molecule has 0 saturated heterocycles. The van der Waals surface area contributed by atoms with Gasteiger partial charge in [-0.2, -0.15) is 0 Å². The minimum Gasteiger partial charge on any atom is -0.481 e. The van der Waals surface area contributed by atoms with Gasteiger partial charge in [0.25, 0.3) is 5.97 Å². The molecule has 21 heavy (non-hydrogen) atoms. The molecular weight excluding hydrogens is 268 g/mol. The van der Waals surface area contributed by atoms with Crippen LogP contribution in [0.4, 0.5) is 0 Å². The number of carboxylic acids is 2. The highest BCUT2D eigenvalue weighted by molar-refractivity contribution is 5.70. The van der Waals surface area contributed by atoms with E-state index in [4.69, 9.17) is 15.0 Å². The molecular formula is C17H18O4. The molecule has 2 aromatic rings. The van der Waals surface area contributed by atoms with Gasteiger partial charge in [0.05, 0.1) is 6.42 Å². The minimum absolute atomic E-state index is 0.0859. The number of hydrogen-bond donors (Lipinski definition) is 2. The zero-order chi connectivity index (χ0) is 15.7. The fourth-order valence-electron chi connectivity index (χ4n) is 1.86. The molecule has 0 fully saturated rings. The normalized spacial score (nSPS) is 9.38. The van der Waals surface area contributed by atoms with Crippen molar-refractivity contribution in [3.8, 4) is 0 Å². The maximum Gasteiger partial charge on any atom is 0.307 e. The standard InChI is InChI=1S/C15H14O2.C2H4O2/c16-15(17)11-14-8-4-7-13(10-14)9-12-5-2-1-3-6-12;1-2(3)4/h1-8,10H,9,11H2,(H,16,17);1H3,(H,3,4). The number of benzene rings is 2. The fraction of sp³-hybridized carbons (Fsp3) is 0.176. The van der Waals surface area contributed by atoms with Crippen LogP contribution >= 0.6 is 0 Å². The Labute approximate surface area is 123 Å². The van der Waals surface area contributed by atoms with Crippen LogP contribution < -0.4 is 0 Å². The van der Waals surface area contributed by atoms with Crippen LogP contribution in [0.15, 0.2) is 54.6 Å². The molecule has 0 aromatic heterocycles. The molecule has 2 aromatic carbocycles. The van der Waals surface area contributed by atoms with Gasteiger partial charge in [-0.25, -0.2) is 0 Å². The van der Waals surface area contributed by atoms with Crippen LogP contribution in [0.1, 0.15) is 23.6 Å². The van der Waals surface area contributed by atoms with Crippen LogP contribution in [0.2, 0.25) is 0 Å². The Balaban J connectivity index is 0.000000491. The Hall–Kier alpha value is -2.62. The molecule has 4 nitrogen and oxygen atoms in total. The lowest BCUT2D eigenvalue weighted by Crippen LogP contribution is -2.00. The summed E-state index contributed by atoms with van der Waals surface area (Å²) in [4.78, 5) is 19.6. The van der Waals surface area contributed by atoms with Crippen molar-refractivity contribution >= 4 is 11.9 Å². The van der Waals surface area contributed by atoms with Crippen molar-refractivity contribution in [1.82, 2.24) is 0 Å². The van der Waals surface area contributed by atoms with Gasteiger partial charge in [0.2, 0.25) is 0 Å². The summed E-state index contributed by atoms with van der Waals surface area (Å²) >= 11 is 0. The molecule has 0 aliphatic carbocycles. The summed E-state index contributed by atoms with van der Waals surface area (Å²) in [6.07, 6.45) is 0.928. The predicted octanol–water partition coefficient (Wildman–Crippen LogP) is 3.00. The van der Waals surface area contributed by atoms with E-state index in [1.54, 1.807) is 0 Å². The lowest BCUT2D eigenvalue weighted by Gasteiger charge is -2.04. The van der Waals surface area contributed by atoms with E-state index in [1.807, 2.05) is 42.5 Å². The van der Waals surface area contributed by atoms with Crippen molar-refractivity contribution in [3.63, 3.8) is 0 Å². The van der Waals surface area contributed by atoms with E-state index in [0.29, 0.717) is 0 Å². The summed E-state index contributed by atoms with van der Waals surface area (Å²) in [5.74, 6) is -1.62. The third-order valence-electron chi connectivity index (χ3n) is 2.60. The van der Waals surface area contributed by atoms with E-state index in [1.165, 1.54) is 5.56 Å². The summed E-state index contributed by atoms with van der Waals surface area (Å²) in [7, 11) is 0. The Bertz CT molecular complexity index is 587. The lowest BCUT2D eigenvalue weighted by molar-refractivity contribution is -0.136. The van der Waals surface area contributed by atoms with Gasteiger partial charge in [-0.1, -0.05) is 54.6 Å². The number of carbonyl (C=O) groups is 2. The molecule has 0 spiro atoms. The van der Waals surface area contributed by atoms with Crippen molar-refractivity contribution in [2.24, 2.45) is 0 Å². The molecule has 110 valence electrons. The van der Waals surface area contributed by atoms with Crippen LogP contribution in [0.25, 0.3) is 0 Å². The second kappa shape index (κ2) is 8.53. The smallest absolute Gasteiger partial charge is 0.307 e. The first-order valence-electron chi connectivity index (χ1n) is 6.50. The van der Waals surface area contributed by atoms with Gasteiger partial charge < -0.3 is 10.2 Å². The third-order valence-corrected chi connectivity index (χ3v) is 2.60. The van der Waals surface area contributed by atoms with Gasteiger partial charge in [0, 0.05) is 6.92 Å². The third kappa shape index (κ3) is 7.52. The van der Waals surface area contributed by atoms with Crippen molar-refractivity contribution in [1.29, 1.82) is 0 Å². The van der Waals surface area contributed by atoms with Crippen molar-refractivity contribution in [3.05, 3.63) is 71.3 Å². The van der Waals surface area contributed by atoms with Crippen LogP contribution in [-0.2, 0) is 22.4 Å². The van der Waals surface area contributed by atoms with Gasteiger partial charge in [0.1, 0.15) is 0 Å². The van der Waals surface area contributed by atoms with Gasteiger partial charge >= 0.3 is 5.97 Å². The van der Waals surface area contributed by atoms with Gasteiger partial charge in [-0.3, -0.25) is 9.59 Å². The van der Waals surface area contributed by atoms with Crippen LogP contribution in [0.3, 0.4) is 0 Å².